The van der Waals surface area contributed by atoms with Crippen LogP contribution in [0.1, 0.15) is 16.7 Å². The predicted octanol–water partition coefficient (Wildman–Crippen LogP) is 3.04. The van der Waals surface area contributed by atoms with E-state index in [0.717, 1.165) is 36.6 Å². The lowest BCUT2D eigenvalue weighted by molar-refractivity contribution is 0.351. The molecule has 0 saturated carbocycles. The predicted molar refractivity (Wildman–Crippen MR) is 85.1 cm³/mol. The summed E-state index contributed by atoms with van der Waals surface area (Å²) in [7, 11) is 2.00. The molecule has 0 aliphatic carbocycles. The standard InChI is InChI=1S/C17H19ClN2O/c1-19-16(8-12-2-5-20-6-3-12)11-14-10-15(18)9-13-4-7-21-17(13)14/h2-3,5-6,9-10,16,19H,4,7-8,11H2,1H3. The van der Waals surface area contributed by atoms with Gasteiger partial charge < -0.3 is 10.1 Å². The molecule has 1 aliphatic rings. The molecule has 1 aromatic carbocycles. The molecule has 1 unspecified atom stereocenters. The first-order valence-corrected chi connectivity index (χ1v) is 7.64. The number of hydrogen-bond acceptors (Lipinski definition) is 3. The summed E-state index contributed by atoms with van der Waals surface area (Å²) in [6.45, 7) is 0.761. The number of ether oxygens (including phenoxy) is 1. The normalized spacial score (nSPS) is 14.6. The number of pyridine rings is 1. The molecule has 2 aromatic rings. The van der Waals surface area contributed by atoms with Crippen molar-refractivity contribution < 1.29 is 4.74 Å². The second-order valence-electron chi connectivity index (χ2n) is 5.40. The summed E-state index contributed by atoms with van der Waals surface area (Å²) in [5.74, 6) is 1.04. The van der Waals surface area contributed by atoms with Crippen molar-refractivity contribution in [1.82, 2.24) is 10.3 Å². The van der Waals surface area contributed by atoms with Crippen LogP contribution >= 0.6 is 11.6 Å². The van der Waals surface area contributed by atoms with Gasteiger partial charge in [0, 0.05) is 29.9 Å². The summed E-state index contributed by atoms with van der Waals surface area (Å²) in [4.78, 5) is 4.06. The minimum Gasteiger partial charge on any atom is -0.493 e. The molecule has 1 aromatic heterocycles. The van der Waals surface area contributed by atoms with Crippen molar-refractivity contribution in [2.45, 2.75) is 25.3 Å². The van der Waals surface area contributed by atoms with Crippen molar-refractivity contribution in [2.24, 2.45) is 0 Å². The Kier molecular flexibility index (Phi) is 4.42. The number of nitrogens with zero attached hydrogens (tertiary/aromatic N) is 1. The van der Waals surface area contributed by atoms with E-state index in [0.29, 0.717) is 6.04 Å². The zero-order valence-electron chi connectivity index (χ0n) is 12.1. The molecule has 0 radical (unpaired) electrons. The van der Waals surface area contributed by atoms with Crippen molar-refractivity contribution in [2.75, 3.05) is 13.7 Å². The molecule has 1 aliphatic heterocycles. The highest BCUT2D eigenvalue weighted by Crippen LogP contribution is 2.33. The first-order chi connectivity index (χ1) is 10.3. The van der Waals surface area contributed by atoms with Crippen molar-refractivity contribution >= 4 is 11.6 Å². The summed E-state index contributed by atoms with van der Waals surface area (Å²) in [6, 6.07) is 8.51. The van der Waals surface area contributed by atoms with Crippen molar-refractivity contribution in [3.63, 3.8) is 0 Å². The third-order valence-electron chi connectivity index (χ3n) is 3.93. The maximum absolute atomic E-state index is 6.23. The highest BCUT2D eigenvalue weighted by atomic mass is 35.5. The van der Waals surface area contributed by atoms with E-state index in [-0.39, 0.29) is 0 Å². The van der Waals surface area contributed by atoms with E-state index < -0.39 is 0 Å². The van der Waals surface area contributed by atoms with E-state index in [1.54, 1.807) is 0 Å². The minimum absolute atomic E-state index is 0.346. The Balaban J connectivity index is 1.78. The van der Waals surface area contributed by atoms with Crippen LogP contribution in [0.25, 0.3) is 0 Å². The maximum atomic E-state index is 6.23. The van der Waals surface area contributed by atoms with Crippen LogP contribution in [0.2, 0.25) is 5.02 Å². The van der Waals surface area contributed by atoms with Gasteiger partial charge in [-0.25, -0.2) is 0 Å². The van der Waals surface area contributed by atoms with Gasteiger partial charge in [0.25, 0.3) is 0 Å². The van der Waals surface area contributed by atoms with Gasteiger partial charge in [-0.3, -0.25) is 4.98 Å². The summed E-state index contributed by atoms with van der Waals surface area (Å²) >= 11 is 6.23. The lowest BCUT2D eigenvalue weighted by Crippen LogP contribution is -2.30. The molecule has 2 heterocycles. The fraction of sp³-hybridized carbons (Fsp3) is 0.353. The van der Waals surface area contributed by atoms with E-state index in [1.807, 2.05) is 31.6 Å². The number of nitrogens with one attached hydrogen (secondary N) is 1. The number of hydrogen-bond donors (Lipinski definition) is 1. The molecule has 0 spiro atoms. The SMILES string of the molecule is CNC(Cc1ccncc1)Cc1cc(Cl)cc2c1OCC2. The van der Waals surface area contributed by atoms with Gasteiger partial charge in [0.1, 0.15) is 5.75 Å². The molecular formula is C17H19ClN2O. The topological polar surface area (TPSA) is 34.2 Å². The van der Waals surface area contributed by atoms with Crippen LogP contribution in [-0.2, 0) is 19.3 Å². The highest BCUT2D eigenvalue weighted by Gasteiger charge is 2.20. The fourth-order valence-corrected chi connectivity index (χ4v) is 3.11. The zero-order chi connectivity index (χ0) is 14.7. The molecule has 1 N–H and O–H groups in total. The molecule has 110 valence electrons. The molecule has 21 heavy (non-hydrogen) atoms. The van der Waals surface area contributed by atoms with Crippen LogP contribution in [0.3, 0.4) is 0 Å². The monoisotopic (exact) mass is 302 g/mol. The van der Waals surface area contributed by atoms with Crippen molar-refractivity contribution in [1.29, 1.82) is 0 Å². The smallest absolute Gasteiger partial charge is 0.125 e. The molecular weight excluding hydrogens is 284 g/mol. The third-order valence-corrected chi connectivity index (χ3v) is 4.15. The first-order valence-electron chi connectivity index (χ1n) is 7.26. The molecule has 1 atom stereocenters. The number of aromatic nitrogens is 1. The molecule has 3 rings (SSSR count). The largest absolute Gasteiger partial charge is 0.493 e. The molecule has 0 bridgehead atoms. The highest BCUT2D eigenvalue weighted by molar-refractivity contribution is 6.30. The zero-order valence-corrected chi connectivity index (χ0v) is 12.9. The molecule has 4 heteroatoms. The quantitative estimate of drug-likeness (QED) is 0.922. The second-order valence-corrected chi connectivity index (χ2v) is 5.84. The van der Waals surface area contributed by atoms with Crippen molar-refractivity contribution in [3.05, 3.63) is 58.4 Å². The van der Waals surface area contributed by atoms with Crippen LogP contribution in [0.15, 0.2) is 36.7 Å². The Bertz CT molecular complexity index is 616. The number of likely N-dealkylation sites (N-methyl/N-ethyl adjacent to an activating group) is 1. The van der Waals surface area contributed by atoms with Gasteiger partial charge in [0.2, 0.25) is 0 Å². The lowest BCUT2D eigenvalue weighted by Gasteiger charge is -2.18. The summed E-state index contributed by atoms with van der Waals surface area (Å²) in [5, 5.41) is 4.19. The van der Waals surface area contributed by atoms with E-state index in [2.05, 4.69) is 22.4 Å². The number of rotatable bonds is 5. The number of benzene rings is 1. The van der Waals surface area contributed by atoms with Crippen LogP contribution < -0.4 is 10.1 Å². The Morgan fingerprint density at radius 1 is 1.29 bits per heavy atom. The van der Waals surface area contributed by atoms with Crippen LogP contribution in [0, 0.1) is 0 Å². The van der Waals surface area contributed by atoms with Gasteiger partial charge >= 0.3 is 0 Å². The van der Waals surface area contributed by atoms with Gasteiger partial charge in [-0.05, 0) is 60.8 Å². The Labute approximate surface area is 130 Å². The van der Waals surface area contributed by atoms with Crippen LogP contribution in [0.4, 0.5) is 0 Å². The molecule has 3 nitrogen and oxygen atoms in total. The van der Waals surface area contributed by atoms with Gasteiger partial charge in [-0.2, -0.15) is 0 Å². The average molecular weight is 303 g/mol. The molecule has 0 amide bonds. The fourth-order valence-electron chi connectivity index (χ4n) is 2.84. The van der Waals surface area contributed by atoms with E-state index in [4.69, 9.17) is 16.3 Å². The summed E-state index contributed by atoms with van der Waals surface area (Å²) in [6.07, 6.45) is 6.49. The average Bonchev–Trinajstić information content (AvgIpc) is 2.96. The van der Waals surface area contributed by atoms with Gasteiger partial charge in [-0.1, -0.05) is 11.6 Å². The van der Waals surface area contributed by atoms with Crippen molar-refractivity contribution in [3.8, 4) is 5.75 Å². The summed E-state index contributed by atoms with van der Waals surface area (Å²) in [5.41, 5.74) is 3.71. The van der Waals surface area contributed by atoms with Crippen LogP contribution in [-0.4, -0.2) is 24.7 Å². The Morgan fingerprint density at radius 3 is 2.86 bits per heavy atom. The van der Waals surface area contributed by atoms with Gasteiger partial charge in [-0.15, -0.1) is 0 Å². The van der Waals surface area contributed by atoms with Crippen LogP contribution in [0.5, 0.6) is 5.75 Å². The maximum Gasteiger partial charge on any atom is 0.125 e. The number of fused-ring (bicyclic) bond motifs is 1. The third kappa shape index (κ3) is 3.36. The Morgan fingerprint density at radius 2 is 2.10 bits per heavy atom. The van der Waals surface area contributed by atoms with Gasteiger partial charge in [0.15, 0.2) is 0 Å². The lowest BCUT2D eigenvalue weighted by atomic mass is 9.97. The Hall–Kier alpha value is -1.58. The van der Waals surface area contributed by atoms with E-state index >= 15 is 0 Å². The van der Waals surface area contributed by atoms with E-state index in [9.17, 15) is 0 Å². The minimum atomic E-state index is 0.346. The number of halogens is 1. The van der Waals surface area contributed by atoms with E-state index in [1.165, 1.54) is 16.7 Å². The summed E-state index contributed by atoms with van der Waals surface area (Å²) < 4.78 is 5.78. The first kappa shape index (κ1) is 14.4. The second kappa shape index (κ2) is 6.46. The molecule has 0 saturated heterocycles. The van der Waals surface area contributed by atoms with Gasteiger partial charge in [0.05, 0.1) is 6.61 Å². The molecule has 0 fully saturated rings.